The summed E-state index contributed by atoms with van der Waals surface area (Å²) in [6.07, 6.45) is 0.955. The van der Waals surface area contributed by atoms with Crippen LogP contribution in [0.3, 0.4) is 0 Å². The number of hydrogen-bond donors (Lipinski definition) is 1. The van der Waals surface area contributed by atoms with Crippen molar-refractivity contribution in [2.75, 3.05) is 13.7 Å². The second kappa shape index (κ2) is 7.31. The minimum atomic E-state index is -0.140. The Morgan fingerprint density at radius 2 is 2.09 bits per heavy atom. The van der Waals surface area contributed by atoms with E-state index >= 15 is 0 Å². The molecule has 1 aromatic carbocycles. The van der Waals surface area contributed by atoms with E-state index in [0.717, 1.165) is 29.0 Å². The van der Waals surface area contributed by atoms with E-state index in [1.165, 1.54) is 0 Å². The molecule has 0 unspecified atom stereocenters. The molecular weight excluding hydrogens is 290 g/mol. The van der Waals surface area contributed by atoms with Crippen molar-refractivity contribution in [3.8, 4) is 17.0 Å². The standard InChI is InChI=1S/C18H25N3O2/c1-12(2)8-9-19-18(22)15-11-16(21(4)20-15)14-10-13(3)6-7-17(14)23-5/h6-7,10-12H,8-9H2,1-5H3,(H,19,22). The SMILES string of the molecule is COc1ccc(C)cc1-c1cc(C(=O)NCCC(C)C)nn1C. The highest BCUT2D eigenvalue weighted by Crippen LogP contribution is 2.31. The maximum absolute atomic E-state index is 12.2. The Hall–Kier alpha value is -2.30. The Labute approximate surface area is 137 Å². The van der Waals surface area contributed by atoms with Gasteiger partial charge in [-0.25, -0.2) is 0 Å². The second-order valence-electron chi connectivity index (χ2n) is 6.18. The topological polar surface area (TPSA) is 56.1 Å². The lowest BCUT2D eigenvalue weighted by atomic mass is 10.1. The van der Waals surface area contributed by atoms with Crippen LogP contribution in [0.15, 0.2) is 24.3 Å². The third kappa shape index (κ3) is 4.12. The predicted molar refractivity (Wildman–Crippen MR) is 91.7 cm³/mol. The Kier molecular flexibility index (Phi) is 5.42. The minimum absolute atomic E-state index is 0.140. The van der Waals surface area contributed by atoms with Gasteiger partial charge in [0.2, 0.25) is 0 Å². The van der Waals surface area contributed by atoms with Crippen molar-refractivity contribution < 1.29 is 9.53 Å². The van der Waals surface area contributed by atoms with E-state index in [-0.39, 0.29) is 5.91 Å². The van der Waals surface area contributed by atoms with Crippen LogP contribution in [0.1, 0.15) is 36.3 Å². The Morgan fingerprint density at radius 3 is 2.74 bits per heavy atom. The number of carbonyl (C=O) groups excluding carboxylic acids is 1. The van der Waals surface area contributed by atoms with Crippen molar-refractivity contribution in [1.82, 2.24) is 15.1 Å². The predicted octanol–water partition coefficient (Wildman–Crippen LogP) is 3.18. The van der Waals surface area contributed by atoms with E-state index in [4.69, 9.17) is 4.74 Å². The summed E-state index contributed by atoms with van der Waals surface area (Å²) in [6.45, 7) is 6.96. The number of carbonyl (C=O) groups is 1. The van der Waals surface area contributed by atoms with Crippen LogP contribution >= 0.6 is 0 Å². The first kappa shape index (κ1) is 17.1. The molecule has 5 heteroatoms. The molecule has 0 aliphatic heterocycles. The van der Waals surface area contributed by atoms with E-state index in [1.807, 2.05) is 38.2 Å². The van der Waals surface area contributed by atoms with Crippen LogP contribution < -0.4 is 10.1 Å². The highest BCUT2D eigenvalue weighted by molar-refractivity contribution is 5.93. The molecule has 23 heavy (non-hydrogen) atoms. The molecule has 0 bridgehead atoms. The van der Waals surface area contributed by atoms with Gasteiger partial charge in [-0.2, -0.15) is 5.10 Å². The highest BCUT2D eigenvalue weighted by Gasteiger charge is 2.16. The number of methoxy groups -OCH3 is 1. The smallest absolute Gasteiger partial charge is 0.271 e. The number of nitrogens with zero attached hydrogens (tertiary/aromatic N) is 2. The maximum atomic E-state index is 12.2. The van der Waals surface area contributed by atoms with Crippen LogP contribution in [0.5, 0.6) is 5.75 Å². The molecule has 2 rings (SSSR count). The monoisotopic (exact) mass is 315 g/mol. The number of rotatable bonds is 6. The first-order valence-electron chi connectivity index (χ1n) is 7.89. The summed E-state index contributed by atoms with van der Waals surface area (Å²) in [4.78, 5) is 12.2. The quantitative estimate of drug-likeness (QED) is 0.890. The molecule has 1 heterocycles. The van der Waals surface area contributed by atoms with Crippen molar-refractivity contribution >= 4 is 5.91 Å². The minimum Gasteiger partial charge on any atom is -0.496 e. The van der Waals surface area contributed by atoms with Crippen molar-refractivity contribution in [1.29, 1.82) is 0 Å². The Balaban J connectivity index is 2.25. The molecule has 0 atom stereocenters. The average molecular weight is 315 g/mol. The molecule has 2 aromatic rings. The lowest BCUT2D eigenvalue weighted by Crippen LogP contribution is -2.25. The Morgan fingerprint density at radius 1 is 1.35 bits per heavy atom. The fraction of sp³-hybridized carbons (Fsp3) is 0.444. The largest absolute Gasteiger partial charge is 0.496 e. The molecule has 1 aromatic heterocycles. The van der Waals surface area contributed by atoms with E-state index in [1.54, 1.807) is 11.8 Å². The molecule has 0 fully saturated rings. The van der Waals surface area contributed by atoms with Gasteiger partial charge in [-0.1, -0.05) is 25.5 Å². The summed E-state index contributed by atoms with van der Waals surface area (Å²) in [6, 6.07) is 7.77. The summed E-state index contributed by atoms with van der Waals surface area (Å²) >= 11 is 0. The fourth-order valence-corrected chi connectivity index (χ4v) is 2.42. The zero-order valence-electron chi connectivity index (χ0n) is 14.5. The number of benzene rings is 1. The maximum Gasteiger partial charge on any atom is 0.271 e. The highest BCUT2D eigenvalue weighted by atomic mass is 16.5. The van der Waals surface area contributed by atoms with Crippen molar-refractivity contribution in [3.05, 3.63) is 35.5 Å². The van der Waals surface area contributed by atoms with Gasteiger partial charge in [-0.05, 0) is 37.5 Å². The molecule has 0 saturated heterocycles. The van der Waals surface area contributed by atoms with Crippen LogP contribution in [0.25, 0.3) is 11.3 Å². The van der Waals surface area contributed by atoms with Gasteiger partial charge in [-0.3, -0.25) is 9.48 Å². The van der Waals surface area contributed by atoms with Crippen molar-refractivity contribution in [2.24, 2.45) is 13.0 Å². The number of aromatic nitrogens is 2. The van der Waals surface area contributed by atoms with Crippen LogP contribution in [-0.4, -0.2) is 29.3 Å². The van der Waals surface area contributed by atoms with Gasteiger partial charge < -0.3 is 10.1 Å². The van der Waals surface area contributed by atoms with Crippen molar-refractivity contribution in [2.45, 2.75) is 27.2 Å². The fourth-order valence-electron chi connectivity index (χ4n) is 2.42. The molecule has 0 aliphatic rings. The molecule has 124 valence electrons. The summed E-state index contributed by atoms with van der Waals surface area (Å²) in [5.74, 6) is 1.19. The summed E-state index contributed by atoms with van der Waals surface area (Å²) in [5.41, 5.74) is 3.35. The van der Waals surface area contributed by atoms with Crippen LogP contribution in [0.2, 0.25) is 0 Å². The summed E-state index contributed by atoms with van der Waals surface area (Å²) in [5, 5.41) is 7.26. The van der Waals surface area contributed by atoms with Crippen LogP contribution in [0, 0.1) is 12.8 Å². The van der Waals surface area contributed by atoms with Gasteiger partial charge in [0.15, 0.2) is 5.69 Å². The molecule has 1 amide bonds. The first-order chi connectivity index (χ1) is 10.9. The van der Waals surface area contributed by atoms with Gasteiger partial charge >= 0.3 is 0 Å². The van der Waals surface area contributed by atoms with Gasteiger partial charge in [0, 0.05) is 19.2 Å². The summed E-state index contributed by atoms with van der Waals surface area (Å²) in [7, 11) is 3.48. The van der Waals surface area contributed by atoms with Crippen LogP contribution in [-0.2, 0) is 7.05 Å². The molecule has 0 saturated carbocycles. The number of aryl methyl sites for hydroxylation is 2. The molecule has 5 nitrogen and oxygen atoms in total. The molecular formula is C18H25N3O2. The number of hydrogen-bond acceptors (Lipinski definition) is 3. The second-order valence-corrected chi connectivity index (χ2v) is 6.18. The van der Waals surface area contributed by atoms with Gasteiger partial charge in [0.25, 0.3) is 5.91 Å². The lowest BCUT2D eigenvalue weighted by molar-refractivity contribution is 0.0946. The van der Waals surface area contributed by atoms with Crippen molar-refractivity contribution in [3.63, 3.8) is 0 Å². The normalized spacial score (nSPS) is 10.9. The Bertz CT molecular complexity index is 690. The molecule has 0 aliphatic carbocycles. The van der Waals surface area contributed by atoms with Gasteiger partial charge in [-0.15, -0.1) is 0 Å². The zero-order chi connectivity index (χ0) is 17.0. The van der Waals surface area contributed by atoms with Gasteiger partial charge in [0.1, 0.15) is 5.75 Å². The molecule has 0 radical (unpaired) electrons. The molecule has 0 spiro atoms. The lowest BCUT2D eigenvalue weighted by Gasteiger charge is -2.09. The number of ether oxygens (including phenoxy) is 1. The summed E-state index contributed by atoms with van der Waals surface area (Å²) < 4.78 is 7.15. The van der Waals surface area contributed by atoms with E-state index < -0.39 is 0 Å². The average Bonchev–Trinajstić information content (AvgIpc) is 2.88. The van der Waals surface area contributed by atoms with E-state index in [2.05, 4.69) is 24.3 Å². The molecule has 1 N–H and O–H groups in total. The first-order valence-corrected chi connectivity index (χ1v) is 7.89. The van der Waals surface area contributed by atoms with Crippen LogP contribution in [0.4, 0.5) is 0 Å². The third-order valence-electron chi connectivity index (χ3n) is 3.75. The number of amides is 1. The van der Waals surface area contributed by atoms with E-state index in [0.29, 0.717) is 18.2 Å². The number of nitrogens with one attached hydrogen (secondary N) is 1. The third-order valence-corrected chi connectivity index (χ3v) is 3.75. The van der Waals surface area contributed by atoms with E-state index in [9.17, 15) is 4.79 Å². The van der Waals surface area contributed by atoms with Gasteiger partial charge in [0.05, 0.1) is 12.8 Å². The zero-order valence-corrected chi connectivity index (χ0v) is 14.5.